The van der Waals surface area contributed by atoms with Crippen LogP contribution in [-0.4, -0.2) is 14.5 Å². The van der Waals surface area contributed by atoms with Crippen LogP contribution in [0.25, 0.3) is 0 Å². The van der Waals surface area contributed by atoms with Crippen LogP contribution in [0.2, 0.25) is 0 Å². The summed E-state index contributed by atoms with van der Waals surface area (Å²) < 4.78 is 24.0. The van der Waals surface area contributed by atoms with E-state index >= 15 is 0 Å². The van der Waals surface area contributed by atoms with Gasteiger partial charge in [-0.1, -0.05) is 13.3 Å². The van der Waals surface area contributed by atoms with Gasteiger partial charge in [0, 0.05) is 0 Å². The Morgan fingerprint density at radius 1 is 1.45 bits per heavy atom. The third-order valence-corrected chi connectivity index (χ3v) is 2.70. The number of nitrogens with zero attached hydrogens (tertiary/aromatic N) is 1. The van der Waals surface area contributed by atoms with Gasteiger partial charge in [-0.05, 0) is 25.2 Å². The predicted octanol–water partition coefficient (Wildman–Crippen LogP) is 1.63. The summed E-state index contributed by atoms with van der Waals surface area (Å²) in [7, 11) is -2.19. The lowest BCUT2D eigenvalue weighted by Gasteiger charge is -2.31. The van der Waals surface area contributed by atoms with Crippen molar-refractivity contribution in [2.45, 2.75) is 38.6 Å². The maximum absolute atomic E-state index is 10.2. The van der Waals surface area contributed by atoms with Crippen molar-refractivity contribution in [2.75, 3.05) is 0 Å². The normalized spacial score (nSPS) is 29.2. The summed E-state index contributed by atoms with van der Waals surface area (Å²) in [6.45, 7) is 2.11. The molecular formula is C7H13NO2S. The van der Waals surface area contributed by atoms with Crippen molar-refractivity contribution in [3.8, 4) is 0 Å². The van der Waals surface area contributed by atoms with Crippen molar-refractivity contribution in [1.29, 1.82) is 0 Å². The first-order chi connectivity index (χ1) is 5.24. The molecule has 0 N–H and O–H groups in total. The fourth-order valence-electron chi connectivity index (χ4n) is 1.51. The third kappa shape index (κ3) is 2.29. The minimum Gasteiger partial charge on any atom is -0.168 e. The van der Waals surface area contributed by atoms with E-state index in [1.807, 2.05) is 0 Å². The Bertz CT molecular complexity index is 237. The zero-order valence-corrected chi connectivity index (χ0v) is 7.47. The fraction of sp³-hybridized carbons (Fsp3) is 1.00. The molecule has 0 aromatic heterocycles. The quantitative estimate of drug-likeness (QED) is 0.654. The van der Waals surface area contributed by atoms with Gasteiger partial charge < -0.3 is 0 Å². The van der Waals surface area contributed by atoms with E-state index in [-0.39, 0.29) is 6.04 Å². The Balaban J connectivity index is 2.43. The van der Waals surface area contributed by atoms with Gasteiger partial charge in [0.2, 0.25) is 0 Å². The van der Waals surface area contributed by atoms with Gasteiger partial charge in [0.05, 0.1) is 6.04 Å². The highest BCUT2D eigenvalue weighted by Crippen LogP contribution is 2.33. The lowest BCUT2D eigenvalue weighted by Crippen LogP contribution is -2.29. The summed E-state index contributed by atoms with van der Waals surface area (Å²) in [5, 5.41) is 0. The van der Waals surface area contributed by atoms with Crippen molar-refractivity contribution >= 4 is 10.5 Å². The van der Waals surface area contributed by atoms with E-state index in [4.69, 9.17) is 0 Å². The summed E-state index contributed by atoms with van der Waals surface area (Å²) >= 11 is 0. The highest BCUT2D eigenvalue weighted by Gasteiger charge is 2.29. The van der Waals surface area contributed by atoms with Crippen LogP contribution in [0.4, 0.5) is 0 Å². The van der Waals surface area contributed by atoms with Crippen LogP contribution in [0.3, 0.4) is 0 Å². The first-order valence-electron chi connectivity index (χ1n) is 4.04. The Morgan fingerprint density at radius 3 is 2.55 bits per heavy atom. The molecule has 0 heterocycles. The molecule has 1 aliphatic rings. The summed E-state index contributed by atoms with van der Waals surface area (Å²) in [5.74, 6) is 0.540. The third-order valence-electron chi connectivity index (χ3n) is 2.26. The van der Waals surface area contributed by atoms with Gasteiger partial charge in [0.1, 0.15) is 0 Å². The molecule has 1 saturated carbocycles. The van der Waals surface area contributed by atoms with Gasteiger partial charge >= 0.3 is 10.5 Å². The minimum atomic E-state index is -2.19. The molecule has 0 radical (unpaired) electrons. The Kier molecular flexibility index (Phi) is 3.05. The molecule has 0 aromatic carbocycles. The van der Waals surface area contributed by atoms with Crippen molar-refractivity contribution in [3.05, 3.63) is 0 Å². The topological polar surface area (TPSA) is 46.5 Å². The van der Waals surface area contributed by atoms with Crippen molar-refractivity contribution < 1.29 is 8.42 Å². The van der Waals surface area contributed by atoms with E-state index in [0.717, 1.165) is 25.7 Å². The van der Waals surface area contributed by atoms with Crippen LogP contribution in [0.1, 0.15) is 32.6 Å². The lowest BCUT2D eigenvalue weighted by molar-refractivity contribution is 0.243. The van der Waals surface area contributed by atoms with E-state index in [0.29, 0.717) is 5.92 Å². The minimum absolute atomic E-state index is 0.105. The summed E-state index contributed by atoms with van der Waals surface area (Å²) in [6, 6.07) is 0.105. The zero-order chi connectivity index (χ0) is 8.27. The Morgan fingerprint density at radius 2 is 2.18 bits per heavy atom. The van der Waals surface area contributed by atoms with Crippen molar-refractivity contribution in [1.82, 2.24) is 0 Å². The molecule has 1 aliphatic carbocycles. The van der Waals surface area contributed by atoms with Crippen molar-refractivity contribution in [3.63, 3.8) is 0 Å². The van der Waals surface area contributed by atoms with Gasteiger partial charge in [-0.3, -0.25) is 0 Å². The first-order valence-corrected chi connectivity index (χ1v) is 5.07. The lowest BCUT2D eigenvalue weighted by atomic mass is 9.77. The molecule has 0 spiro atoms. The van der Waals surface area contributed by atoms with Gasteiger partial charge in [-0.15, -0.1) is 0 Å². The highest BCUT2D eigenvalue weighted by atomic mass is 32.2. The molecule has 1 rings (SSSR count). The van der Waals surface area contributed by atoms with E-state index in [1.54, 1.807) is 0 Å². The highest BCUT2D eigenvalue weighted by molar-refractivity contribution is 7.61. The molecule has 2 unspecified atom stereocenters. The maximum Gasteiger partial charge on any atom is 0.311 e. The predicted molar refractivity (Wildman–Crippen MR) is 42.8 cm³/mol. The maximum atomic E-state index is 10.2. The SMILES string of the molecule is CCCC1CCC1N=S(=O)=O. The zero-order valence-electron chi connectivity index (χ0n) is 6.66. The Labute approximate surface area is 68.5 Å². The van der Waals surface area contributed by atoms with E-state index in [9.17, 15) is 8.42 Å². The molecule has 0 bridgehead atoms. The van der Waals surface area contributed by atoms with Gasteiger partial charge in [-0.2, -0.15) is 12.8 Å². The molecule has 0 amide bonds. The van der Waals surface area contributed by atoms with Gasteiger partial charge in [-0.25, -0.2) is 0 Å². The second kappa shape index (κ2) is 3.85. The second-order valence-electron chi connectivity index (χ2n) is 3.02. The molecule has 3 nitrogen and oxygen atoms in total. The second-order valence-corrected chi connectivity index (χ2v) is 3.66. The number of hydrogen-bond acceptors (Lipinski definition) is 3. The monoisotopic (exact) mass is 175 g/mol. The van der Waals surface area contributed by atoms with Crippen LogP contribution in [-0.2, 0) is 10.5 Å². The molecule has 4 heteroatoms. The van der Waals surface area contributed by atoms with Crippen molar-refractivity contribution in [2.24, 2.45) is 10.3 Å². The molecular weight excluding hydrogens is 162 g/mol. The van der Waals surface area contributed by atoms with Crippen LogP contribution >= 0.6 is 0 Å². The van der Waals surface area contributed by atoms with Gasteiger partial charge in [0.15, 0.2) is 0 Å². The van der Waals surface area contributed by atoms with Crippen LogP contribution < -0.4 is 0 Å². The number of rotatable bonds is 3. The molecule has 1 fully saturated rings. The summed E-state index contributed by atoms with van der Waals surface area (Å²) in [4.78, 5) is 0. The molecule has 0 saturated heterocycles. The van der Waals surface area contributed by atoms with Crippen LogP contribution in [0.15, 0.2) is 4.36 Å². The summed E-state index contributed by atoms with van der Waals surface area (Å²) in [5.41, 5.74) is 0. The van der Waals surface area contributed by atoms with Gasteiger partial charge in [0.25, 0.3) is 0 Å². The van der Waals surface area contributed by atoms with E-state index < -0.39 is 10.5 Å². The molecule has 11 heavy (non-hydrogen) atoms. The molecule has 2 atom stereocenters. The first kappa shape index (κ1) is 8.71. The largest absolute Gasteiger partial charge is 0.311 e. The molecule has 0 aliphatic heterocycles. The summed E-state index contributed by atoms with van der Waals surface area (Å²) in [6.07, 6.45) is 4.35. The standard InChI is InChI=1S/C7H13NO2S/c1-2-3-6-4-5-7(6)8-11(9)10/h6-7H,2-5H2,1H3. The average molecular weight is 175 g/mol. The Hall–Kier alpha value is -0.380. The molecule has 64 valence electrons. The number of hydrogen-bond donors (Lipinski definition) is 0. The van der Waals surface area contributed by atoms with Crippen LogP contribution in [0.5, 0.6) is 0 Å². The van der Waals surface area contributed by atoms with E-state index in [1.165, 1.54) is 0 Å². The smallest absolute Gasteiger partial charge is 0.168 e. The average Bonchev–Trinajstić information content (AvgIpc) is 1.93. The molecule has 0 aromatic rings. The van der Waals surface area contributed by atoms with E-state index in [2.05, 4.69) is 11.3 Å². The van der Waals surface area contributed by atoms with Crippen LogP contribution in [0, 0.1) is 5.92 Å². The fourth-order valence-corrected chi connectivity index (χ4v) is 2.01.